The molecule has 1 amide bonds. The molecule has 1 aliphatic rings. The first-order valence-electron chi connectivity index (χ1n) is 11.3. The number of nitrogens with zero attached hydrogens (tertiary/aromatic N) is 5. The molecule has 0 bridgehead atoms. The third-order valence-corrected chi connectivity index (χ3v) is 7.53. The number of imidazole rings is 1. The molecule has 0 radical (unpaired) electrons. The van der Waals surface area contributed by atoms with Crippen molar-refractivity contribution >= 4 is 33.6 Å². The van der Waals surface area contributed by atoms with E-state index in [9.17, 15) is 30.8 Å². The van der Waals surface area contributed by atoms with Crippen molar-refractivity contribution in [1.82, 2.24) is 19.0 Å². The Kier molecular flexibility index (Phi) is 6.88. The fraction of sp³-hybridized carbons (Fsp3) is 0.348. The van der Waals surface area contributed by atoms with Gasteiger partial charge in [-0.2, -0.15) is 26.7 Å². The lowest BCUT2D eigenvalue weighted by Gasteiger charge is -2.29. The lowest BCUT2D eigenvalue weighted by molar-refractivity contribution is -0.0471. The maximum atomic E-state index is 14.8. The lowest BCUT2D eigenvalue weighted by Crippen LogP contribution is -2.46. The number of aryl methyl sites for hydroxylation is 3. The Balaban J connectivity index is 1.48. The van der Waals surface area contributed by atoms with Gasteiger partial charge >= 0.3 is 15.5 Å². The smallest absolute Gasteiger partial charge is 0.347 e. The molecule has 14 heteroatoms. The Morgan fingerprint density at radius 1 is 1.14 bits per heavy atom. The number of benzene rings is 1. The van der Waals surface area contributed by atoms with Crippen LogP contribution in [-0.4, -0.2) is 53.0 Å². The van der Waals surface area contributed by atoms with E-state index in [1.807, 2.05) is 33.0 Å². The molecule has 0 unspecified atom stereocenters. The number of amides is 1. The number of carbonyl (C=O) groups excluding carboxylic acids is 1. The molecule has 1 aromatic carbocycles. The molecule has 37 heavy (non-hydrogen) atoms. The van der Waals surface area contributed by atoms with Gasteiger partial charge in [0.25, 0.3) is 5.91 Å². The van der Waals surface area contributed by atoms with Crippen molar-refractivity contribution in [1.29, 1.82) is 0 Å². The predicted octanol–water partition coefficient (Wildman–Crippen LogP) is 3.50. The SMILES string of the molecule is CCc1nc2cc(C)c(C)cn2c1C(=O)NCc1ccc(N2CCN(S(=O)(=O)C(F)(F)F)C=N2)c(F)c1. The van der Waals surface area contributed by atoms with Crippen LogP contribution >= 0.6 is 0 Å². The van der Waals surface area contributed by atoms with Crippen molar-refractivity contribution in [2.45, 2.75) is 39.2 Å². The van der Waals surface area contributed by atoms with Crippen molar-refractivity contribution in [3.05, 3.63) is 64.4 Å². The summed E-state index contributed by atoms with van der Waals surface area (Å²) in [7, 11) is -5.56. The number of alkyl halides is 3. The number of hydrazone groups is 1. The van der Waals surface area contributed by atoms with Crippen LogP contribution in [0.3, 0.4) is 0 Å². The van der Waals surface area contributed by atoms with E-state index in [4.69, 9.17) is 0 Å². The zero-order chi connectivity index (χ0) is 27.1. The number of carbonyl (C=O) groups is 1. The first-order valence-corrected chi connectivity index (χ1v) is 12.7. The van der Waals surface area contributed by atoms with Crippen LogP contribution in [-0.2, 0) is 23.0 Å². The minimum Gasteiger partial charge on any atom is -0.347 e. The molecule has 4 rings (SSSR count). The fourth-order valence-electron chi connectivity index (χ4n) is 3.88. The minimum atomic E-state index is -5.56. The van der Waals surface area contributed by atoms with Crippen LogP contribution < -0.4 is 10.3 Å². The summed E-state index contributed by atoms with van der Waals surface area (Å²) < 4.78 is 77.8. The number of rotatable bonds is 6. The molecule has 198 valence electrons. The predicted molar refractivity (Wildman–Crippen MR) is 129 cm³/mol. The van der Waals surface area contributed by atoms with Crippen LogP contribution in [0.25, 0.3) is 5.65 Å². The second-order valence-corrected chi connectivity index (χ2v) is 10.4. The highest BCUT2D eigenvalue weighted by molar-refractivity contribution is 7.90. The van der Waals surface area contributed by atoms with E-state index < -0.39 is 27.9 Å². The van der Waals surface area contributed by atoms with Crippen LogP contribution in [0.5, 0.6) is 0 Å². The van der Waals surface area contributed by atoms with Crippen LogP contribution in [0.1, 0.15) is 39.8 Å². The Morgan fingerprint density at radius 2 is 1.86 bits per heavy atom. The van der Waals surface area contributed by atoms with Crippen LogP contribution in [0.4, 0.5) is 23.2 Å². The van der Waals surface area contributed by atoms with Gasteiger partial charge in [0.15, 0.2) is 0 Å². The zero-order valence-electron chi connectivity index (χ0n) is 20.2. The van der Waals surface area contributed by atoms with E-state index in [1.165, 1.54) is 18.2 Å². The summed E-state index contributed by atoms with van der Waals surface area (Å²) in [4.78, 5) is 17.6. The number of aromatic nitrogens is 2. The monoisotopic (exact) mass is 540 g/mol. The first kappa shape index (κ1) is 26.4. The van der Waals surface area contributed by atoms with Gasteiger partial charge in [-0.15, -0.1) is 0 Å². The Hall–Kier alpha value is -3.68. The van der Waals surface area contributed by atoms with Crippen LogP contribution in [0, 0.1) is 19.7 Å². The average molecular weight is 541 g/mol. The van der Waals surface area contributed by atoms with Gasteiger partial charge in [-0.1, -0.05) is 13.0 Å². The summed E-state index contributed by atoms with van der Waals surface area (Å²) in [6, 6.07) is 5.97. The van der Waals surface area contributed by atoms with Gasteiger partial charge in [0, 0.05) is 12.7 Å². The van der Waals surface area contributed by atoms with Crippen molar-refractivity contribution < 1.29 is 30.8 Å². The Labute approximate surface area is 210 Å². The Morgan fingerprint density at radius 3 is 2.46 bits per heavy atom. The number of pyridine rings is 1. The number of sulfonamides is 1. The maximum Gasteiger partial charge on any atom is 0.516 e. The number of hydrogen-bond acceptors (Lipinski definition) is 6. The summed E-state index contributed by atoms with van der Waals surface area (Å²) in [5, 5.41) is 7.50. The summed E-state index contributed by atoms with van der Waals surface area (Å²) in [6.45, 7) is 4.96. The molecule has 0 atom stereocenters. The number of nitrogens with one attached hydrogen (secondary N) is 1. The number of halogens is 4. The highest BCUT2D eigenvalue weighted by Crippen LogP contribution is 2.28. The third kappa shape index (κ3) is 4.97. The minimum absolute atomic E-state index is 0.0120. The summed E-state index contributed by atoms with van der Waals surface area (Å²) >= 11 is 0. The van der Waals surface area contributed by atoms with Gasteiger partial charge in [0.05, 0.1) is 24.5 Å². The van der Waals surface area contributed by atoms with E-state index >= 15 is 0 Å². The standard InChI is InChI=1S/C23H24F4N6O3S/c1-4-18-21(32-12-15(3)14(2)9-20(32)30-18)22(34)28-11-16-5-6-19(17(24)10-16)33-8-7-31(13-29-33)37(35,36)23(25,26)27/h5-6,9-10,12-13H,4,7-8,11H2,1-3H3,(H,28,34). The highest BCUT2D eigenvalue weighted by Gasteiger charge is 2.50. The summed E-state index contributed by atoms with van der Waals surface area (Å²) in [6.07, 6.45) is 2.90. The van der Waals surface area contributed by atoms with Crippen molar-refractivity contribution in [3.8, 4) is 0 Å². The highest BCUT2D eigenvalue weighted by atomic mass is 32.2. The van der Waals surface area contributed by atoms with Crippen molar-refractivity contribution in [2.75, 3.05) is 18.1 Å². The molecule has 3 aromatic rings. The molecule has 0 aliphatic carbocycles. The molecule has 1 N–H and O–H groups in total. The second-order valence-electron chi connectivity index (χ2n) is 8.51. The maximum absolute atomic E-state index is 14.8. The van der Waals surface area contributed by atoms with Crippen LogP contribution in [0.15, 0.2) is 35.6 Å². The topological polar surface area (TPSA) is 99.4 Å². The molecular weight excluding hydrogens is 516 g/mol. The van der Waals surface area contributed by atoms with Gasteiger partial charge in [-0.3, -0.25) is 14.2 Å². The molecule has 0 saturated heterocycles. The second kappa shape index (κ2) is 9.65. The van der Waals surface area contributed by atoms with Gasteiger partial charge in [0.2, 0.25) is 0 Å². The fourth-order valence-corrected chi connectivity index (χ4v) is 4.64. The normalized spacial score (nSPS) is 14.5. The van der Waals surface area contributed by atoms with Gasteiger partial charge in [0.1, 0.15) is 23.5 Å². The number of fused-ring (bicyclic) bond motifs is 1. The van der Waals surface area contributed by atoms with E-state index in [1.54, 1.807) is 4.40 Å². The zero-order valence-corrected chi connectivity index (χ0v) is 21.0. The quantitative estimate of drug-likeness (QED) is 0.483. The van der Waals surface area contributed by atoms with Crippen LogP contribution in [0.2, 0.25) is 0 Å². The van der Waals surface area contributed by atoms with Crippen molar-refractivity contribution in [3.63, 3.8) is 0 Å². The molecule has 3 heterocycles. The van der Waals surface area contributed by atoms with E-state index in [0.717, 1.165) is 16.1 Å². The molecule has 0 spiro atoms. The molecule has 1 aliphatic heterocycles. The van der Waals surface area contributed by atoms with E-state index in [-0.39, 0.29) is 29.0 Å². The molecule has 2 aromatic heterocycles. The third-order valence-electron chi connectivity index (χ3n) is 6.05. The molecule has 9 nitrogen and oxygen atoms in total. The number of anilines is 1. The molecule has 0 saturated carbocycles. The summed E-state index contributed by atoms with van der Waals surface area (Å²) in [5.74, 6) is -1.10. The lowest BCUT2D eigenvalue weighted by atomic mass is 10.1. The molecular formula is C23H24F4N6O3S. The van der Waals surface area contributed by atoms with Gasteiger partial charge in [-0.25, -0.2) is 13.7 Å². The number of hydrogen-bond donors (Lipinski definition) is 1. The largest absolute Gasteiger partial charge is 0.516 e. The van der Waals surface area contributed by atoms with E-state index in [0.29, 0.717) is 35.4 Å². The van der Waals surface area contributed by atoms with Crippen molar-refractivity contribution in [2.24, 2.45) is 5.10 Å². The van der Waals surface area contributed by atoms with Gasteiger partial charge < -0.3 is 5.32 Å². The average Bonchev–Trinajstić information content (AvgIpc) is 3.19. The molecule has 0 fully saturated rings. The first-order chi connectivity index (χ1) is 17.3. The summed E-state index contributed by atoms with van der Waals surface area (Å²) in [5.41, 5.74) is -1.32. The van der Waals surface area contributed by atoms with Gasteiger partial charge in [-0.05, 0) is 55.2 Å². The Bertz CT molecular complexity index is 1500. The van der Waals surface area contributed by atoms with E-state index in [2.05, 4.69) is 15.4 Å².